The van der Waals surface area contributed by atoms with E-state index in [1.54, 1.807) is 0 Å². The number of carbonyl (C=O) groups is 1. The Morgan fingerprint density at radius 3 is 2.11 bits per heavy atom. The van der Waals surface area contributed by atoms with Crippen molar-refractivity contribution in [3.8, 4) is 0 Å². The van der Waals surface area contributed by atoms with Crippen LogP contribution in [-0.2, 0) is 4.79 Å². The minimum Gasteiger partial charge on any atom is -0.391 e. The zero-order chi connectivity index (χ0) is 7.44. The molecule has 0 rings (SSSR count). The average molecular weight is 132 g/mol. The van der Waals surface area contributed by atoms with E-state index in [1.807, 2.05) is 0 Å². The lowest BCUT2D eigenvalue weighted by molar-refractivity contribution is -0.120. The standard InChI is InChI=1S/C6H12O3/c1-4(7)3-6(9)5(2)8/h5-6,8-9H,3H2,1-2H3/t5-,6?/m0/s1. The Morgan fingerprint density at radius 1 is 1.56 bits per heavy atom. The summed E-state index contributed by atoms with van der Waals surface area (Å²) in [6, 6.07) is 0. The minimum absolute atomic E-state index is 0.0394. The molecule has 0 aromatic carbocycles. The summed E-state index contributed by atoms with van der Waals surface area (Å²) in [5.74, 6) is -0.108. The van der Waals surface area contributed by atoms with Crippen LogP contribution in [-0.4, -0.2) is 28.2 Å². The molecule has 0 aromatic heterocycles. The van der Waals surface area contributed by atoms with Gasteiger partial charge in [-0.25, -0.2) is 0 Å². The van der Waals surface area contributed by atoms with Gasteiger partial charge in [-0.1, -0.05) is 0 Å². The van der Waals surface area contributed by atoms with Gasteiger partial charge in [-0.15, -0.1) is 0 Å². The SMILES string of the molecule is CC(=O)CC(O)[C@H](C)O. The highest BCUT2D eigenvalue weighted by Gasteiger charge is 2.11. The zero-order valence-electron chi connectivity index (χ0n) is 5.66. The molecular weight excluding hydrogens is 120 g/mol. The molecule has 0 aliphatic carbocycles. The van der Waals surface area contributed by atoms with E-state index < -0.39 is 12.2 Å². The molecule has 2 N–H and O–H groups in total. The van der Waals surface area contributed by atoms with Crippen molar-refractivity contribution >= 4 is 5.78 Å². The Kier molecular flexibility index (Phi) is 3.42. The molecule has 9 heavy (non-hydrogen) atoms. The lowest BCUT2D eigenvalue weighted by Crippen LogP contribution is -2.24. The van der Waals surface area contributed by atoms with Crippen LogP contribution >= 0.6 is 0 Å². The van der Waals surface area contributed by atoms with Crippen molar-refractivity contribution in [2.24, 2.45) is 0 Å². The summed E-state index contributed by atoms with van der Waals surface area (Å²) in [6.45, 7) is 2.83. The highest BCUT2D eigenvalue weighted by atomic mass is 16.3. The third-order valence-electron chi connectivity index (χ3n) is 1.05. The third-order valence-corrected chi connectivity index (χ3v) is 1.05. The Balaban J connectivity index is 3.50. The first-order valence-corrected chi connectivity index (χ1v) is 2.89. The van der Waals surface area contributed by atoms with Crippen molar-refractivity contribution in [3.05, 3.63) is 0 Å². The Morgan fingerprint density at radius 2 is 2.00 bits per heavy atom. The second-order valence-electron chi connectivity index (χ2n) is 2.21. The Bertz CT molecular complexity index is 98.5. The van der Waals surface area contributed by atoms with E-state index in [4.69, 9.17) is 10.2 Å². The fourth-order valence-corrected chi connectivity index (χ4v) is 0.465. The van der Waals surface area contributed by atoms with Crippen molar-refractivity contribution < 1.29 is 15.0 Å². The van der Waals surface area contributed by atoms with Crippen LogP contribution in [0.3, 0.4) is 0 Å². The summed E-state index contributed by atoms with van der Waals surface area (Å²) in [4.78, 5) is 10.3. The topological polar surface area (TPSA) is 57.5 Å². The van der Waals surface area contributed by atoms with Gasteiger partial charge in [0.2, 0.25) is 0 Å². The first-order valence-electron chi connectivity index (χ1n) is 2.89. The highest BCUT2D eigenvalue weighted by Crippen LogP contribution is 1.97. The lowest BCUT2D eigenvalue weighted by atomic mass is 10.1. The van der Waals surface area contributed by atoms with Gasteiger partial charge in [0.25, 0.3) is 0 Å². The monoisotopic (exact) mass is 132 g/mol. The number of aliphatic hydroxyl groups excluding tert-OH is 2. The number of rotatable bonds is 3. The van der Waals surface area contributed by atoms with E-state index in [0.717, 1.165) is 0 Å². The largest absolute Gasteiger partial charge is 0.391 e. The molecule has 3 heteroatoms. The van der Waals surface area contributed by atoms with Gasteiger partial charge in [0.05, 0.1) is 12.2 Å². The fraction of sp³-hybridized carbons (Fsp3) is 0.833. The molecule has 0 fully saturated rings. The van der Waals surface area contributed by atoms with E-state index in [9.17, 15) is 4.79 Å². The lowest BCUT2D eigenvalue weighted by Gasteiger charge is -2.10. The van der Waals surface area contributed by atoms with Crippen molar-refractivity contribution in [1.82, 2.24) is 0 Å². The number of ketones is 1. The molecule has 54 valence electrons. The molecule has 0 spiro atoms. The third kappa shape index (κ3) is 4.12. The number of hydrogen-bond acceptors (Lipinski definition) is 3. The highest BCUT2D eigenvalue weighted by molar-refractivity contribution is 5.75. The van der Waals surface area contributed by atoms with Gasteiger partial charge in [-0.2, -0.15) is 0 Å². The summed E-state index contributed by atoms with van der Waals surface area (Å²) < 4.78 is 0. The molecule has 0 bridgehead atoms. The van der Waals surface area contributed by atoms with E-state index in [2.05, 4.69) is 0 Å². The van der Waals surface area contributed by atoms with Gasteiger partial charge in [0.15, 0.2) is 0 Å². The summed E-state index contributed by atoms with van der Waals surface area (Å²) >= 11 is 0. The van der Waals surface area contributed by atoms with Crippen LogP contribution in [0.4, 0.5) is 0 Å². The van der Waals surface area contributed by atoms with Gasteiger partial charge < -0.3 is 10.2 Å². The second kappa shape index (κ2) is 3.58. The van der Waals surface area contributed by atoms with Gasteiger partial charge in [0.1, 0.15) is 5.78 Å². The van der Waals surface area contributed by atoms with Crippen LogP contribution in [0, 0.1) is 0 Å². The van der Waals surface area contributed by atoms with E-state index in [0.29, 0.717) is 0 Å². The van der Waals surface area contributed by atoms with E-state index in [-0.39, 0.29) is 12.2 Å². The predicted octanol–water partition coefficient (Wildman–Crippen LogP) is -0.293. The van der Waals surface area contributed by atoms with Crippen LogP contribution in [0.2, 0.25) is 0 Å². The number of hydrogen-bond donors (Lipinski definition) is 2. The molecule has 0 aliphatic heterocycles. The molecule has 0 radical (unpaired) electrons. The van der Waals surface area contributed by atoms with Crippen molar-refractivity contribution in [3.63, 3.8) is 0 Å². The van der Waals surface area contributed by atoms with Crippen molar-refractivity contribution in [1.29, 1.82) is 0 Å². The van der Waals surface area contributed by atoms with Crippen LogP contribution in [0.5, 0.6) is 0 Å². The molecule has 3 nitrogen and oxygen atoms in total. The fourth-order valence-electron chi connectivity index (χ4n) is 0.465. The maximum absolute atomic E-state index is 10.3. The molecule has 0 heterocycles. The molecule has 0 amide bonds. The summed E-state index contributed by atoms with van der Waals surface area (Å²) in [6.07, 6.45) is -1.67. The summed E-state index contributed by atoms with van der Waals surface area (Å²) in [7, 11) is 0. The average Bonchev–Trinajstić information content (AvgIpc) is 1.63. The summed E-state index contributed by atoms with van der Waals surface area (Å²) in [5, 5.41) is 17.5. The van der Waals surface area contributed by atoms with E-state index >= 15 is 0 Å². The molecule has 2 atom stereocenters. The summed E-state index contributed by atoms with van der Waals surface area (Å²) in [5.41, 5.74) is 0. The second-order valence-corrected chi connectivity index (χ2v) is 2.21. The van der Waals surface area contributed by atoms with Crippen LogP contribution < -0.4 is 0 Å². The smallest absolute Gasteiger partial charge is 0.132 e. The van der Waals surface area contributed by atoms with Crippen LogP contribution in [0.1, 0.15) is 20.3 Å². The molecule has 0 aromatic rings. The van der Waals surface area contributed by atoms with Gasteiger partial charge in [0, 0.05) is 6.42 Å². The maximum Gasteiger partial charge on any atom is 0.132 e. The first-order chi connectivity index (χ1) is 4.04. The first kappa shape index (κ1) is 8.59. The van der Waals surface area contributed by atoms with E-state index in [1.165, 1.54) is 13.8 Å². The normalized spacial score (nSPS) is 16.9. The molecule has 0 saturated heterocycles. The molecule has 1 unspecified atom stereocenters. The molecular formula is C6H12O3. The van der Waals surface area contributed by atoms with Gasteiger partial charge in [-0.05, 0) is 13.8 Å². The zero-order valence-corrected chi connectivity index (χ0v) is 5.66. The Labute approximate surface area is 54.3 Å². The quantitative estimate of drug-likeness (QED) is 0.554. The van der Waals surface area contributed by atoms with Crippen LogP contribution in [0.25, 0.3) is 0 Å². The maximum atomic E-state index is 10.3. The number of carbonyl (C=O) groups excluding carboxylic acids is 1. The predicted molar refractivity (Wildman–Crippen MR) is 33.0 cm³/mol. The van der Waals surface area contributed by atoms with Crippen molar-refractivity contribution in [2.75, 3.05) is 0 Å². The van der Waals surface area contributed by atoms with Crippen molar-refractivity contribution in [2.45, 2.75) is 32.5 Å². The van der Waals surface area contributed by atoms with Gasteiger partial charge >= 0.3 is 0 Å². The van der Waals surface area contributed by atoms with Gasteiger partial charge in [-0.3, -0.25) is 4.79 Å². The molecule has 0 saturated carbocycles. The number of aliphatic hydroxyl groups is 2. The molecule has 0 aliphatic rings. The minimum atomic E-state index is -0.900. The Hall–Kier alpha value is -0.410. The number of Topliss-reactive ketones (excluding diaryl/α,β-unsaturated/α-hetero) is 1. The van der Waals surface area contributed by atoms with Crippen LogP contribution in [0.15, 0.2) is 0 Å².